The molecule has 0 fully saturated rings. The van der Waals surface area contributed by atoms with Crippen LogP contribution in [0.4, 0.5) is 4.79 Å². The standard InChI is InChI=1S/C30H42Cl2N2O9/c1-4-5-14-24(43-30(33)42)27(32)22(35)18-23(36)29(41)28(40)20(3)21(31)13-8-6-11-19(2)12-7-9-15-25(37)34-17-10-16-26(38)39/h5-9,11-15,20,22,24,27-29,35,40-41H,4,10,16-18H2,1-3H3,(H2,33,42)(H,34,37)(H,38,39)/b8-6+,12-7+,14-5+,15-9+,19-11+,21-13-/t20-,22-,24-,27+,28-,29-/m1/s1. The average molecular weight is 646 g/mol. The lowest BCUT2D eigenvalue weighted by Crippen LogP contribution is -2.43. The molecule has 0 heterocycles. The van der Waals surface area contributed by atoms with Crippen molar-refractivity contribution in [3.8, 4) is 0 Å². The van der Waals surface area contributed by atoms with Crippen LogP contribution in [0.15, 0.2) is 71.4 Å². The lowest BCUT2D eigenvalue weighted by Gasteiger charge is -2.26. The first-order valence-corrected chi connectivity index (χ1v) is 14.4. The maximum atomic E-state index is 12.5. The molecule has 11 nitrogen and oxygen atoms in total. The number of aliphatic hydroxyl groups is 3. The minimum absolute atomic E-state index is 0.0143. The van der Waals surface area contributed by atoms with Crippen molar-refractivity contribution in [1.29, 1.82) is 0 Å². The molecule has 0 aromatic rings. The van der Waals surface area contributed by atoms with E-state index in [0.29, 0.717) is 12.8 Å². The van der Waals surface area contributed by atoms with Crippen LogP contribution in [0.2, 0.25) is 0 Å². The molecule has 13 heteroatoms. The predicted molar refractivity (Wildman–Crippen MR) is 165 cm³/mol. The van der Waals surface area contributed by atoms with Gasteiger partial charge < -0.3 is 36.2 Å². The third kappa shape index (κ3) is 18.1. The highest BCUT2D eigenvalue weighted by Gasteiger charge is 2.34. The van der Waals surface area contributed by atoms with E-state index in [2.05, 4.69) is 5.32 Å². The fourth-order valence-corrected chi connectivity index (χ4v) is 3.75. The van der Waals surface area contributed by atoms with E-state index in [9.17, 15) is 34.5 Å². The van der Waals surface area contributed by atoms with Crippen LogP contribution in [0, 0.1) is 5.92 Å². The van der Waals surface area contributed by atoms with Crippen LogP contribution >= 0.6 is 23.2 Å². The van der Waals surface area contributed by atoms with E-state index in [1.807, 2.05) is 13.8 Å². The van der Waals surface area contributed by atoms with Gasteiger partial charge in [0.1, 0.15) is 17.6 Å². The largest absolute Gasteiger partial charge is 0.481 e. The number of ether oxygens (including phenoxy) is 1. The first-order valence-electron chi connectivity index (χ1n) is 13.6. The highest BCUT2D eigenvalue weighted by atomic mass is 35.5. The lowest BCUT2D eigenvalue weighted by molar-refractivity contribution is -0.137. The number of carboxylic acids is 1. The summed E-state index contributed by atoms with van der Waals surface area (Å²) in [6, 6.07) is 0. The zero-order valence-corrected chi connectivity index (χ0v) is 25.9. The van der Waals surface area contributed by atoms with Crippen LogP contribution in [-0.2, 0) is 19.1 Å². The topological polar surface area (TPSA) is 196 Å². The van der Waals surface area contributed by atoms with Gasteiger partial charge in [-0.2, -0.15) is 0 Å². The highest BCUT2D eigenvalue weighted by Crippen LogP contribution is 2.23. The normalized spacial score (nSPS) is 17.2. The SMILES string of the molecule is CC/C=C/[C@@H](OC(N)=O)[C@@H](Cl)[C@H](O)CC(=O)[C@@H](O)[C@H](O)[C@H](C)/C(Cl)=C/C=C/C=C(C)/C=C/C=C/C(=O)NCCCC(=O)O. The molecule has 0 rings (SSSR count). The second kappa shape index (κ2) is 22.3. The van der Waals surface area contributed by atoms with Crippen LogP contribution in [0.25, 0.3) is 0 Å². The molecule has 43 heavy (non-hydrogen) atoms. The number of ketones is 1. The summed E-state index contributed by atoms with van der Waals surface area (Å²) in [5, 5.41) is 41.3. The van der Waals surface area contributed by atoms with Gasteiger partial charge in [-0.1, -0.05) is 73.6 Å². The average Bonchev–Trinajstić information content (AvgIpc) is 2.95. The summed E-state index contributed by atoms with van der Waals surface area (Å²) >= 11 is 12.4. The maximum absolute atomic E-state index is 12.5. The number of carbonyl (C=O) groups is 4. The van der Waals surface area contributed by atoms with Crippen molar-refractivity contribution in [3.05, 3.63) is 71.4 Å². The van der Waals surface area contributed by atoms with E-state index in [1.54, 1.807) is 42.5 Å². The Morgan fingerprint density at radius 3 is 2.26 bits per heavy atom. The number of aliphatic hydroxyl groups excluding tert-OH is 3. The summed E-state index contributed by atoms with van der Waals surface area (Å²) in [6.45, 7) is 5.43. The molecule has 7 N–H and O–H groups in total. The van der Waals surface area contributed by atoms with Crippen LogP contribution in [0.5, 0.6) is 0 Å². The minimum atomic E-state index is -1.87. The zero-order chi connectivity index (χ0) is 32.9. The van der Waals surface area contributed by atoms with Gasteiger partial charge in [0.25, 0.3) is 0 Å². The Hall–Kier alpha value is -3.22. The van der Waals surface area contributed by atoms with Gasteiger partial charge in [0.15, 0.2) is 5.78 Å². The third-order valence-corrected chi connectivity index (χ3v) is 6.83. The molecule has 2 amide bonds. The summed E-state index contributed by atoms with van der Waals surface area (Å²) < 4.78 is 4.88. The molecule has 0 aliphatic rings. The fraction of sp³-hybridized carbons (Fsp3) is 0.467. The van der Waals surface area contributed by atoms with Crippen LogP contribution in [-0.4, -0.2) is 80.5 Å². The van der Waals surface area contributed by atoms with Crippen molar-refractivity contribution in [1.82, 2.24) is 5.32 Å². The van der Waals surface area contributed by atoms with Crippen LogP contribution < -0.4 is 11.1 Å². The summed E-state index contributed by atoms with van der Waals surface area (Å²) in [7, 11) is 0. The van der Waals surface area contributed by atoms with E-state index in [1.165, 1.54) is 25.2 Å². The van der Waals surface area contributed by atoms with Gasteiger partial charge in [-0.25, -0.2) is 4.79 Å². The van der Waals surface area contributed by atoms with E-state index in [4.69, 9.17) is 38.8 Å². The molecule has 0 aromatic heterocycles. The smallest absolute Gasteiger partial charge is 0.405 e. The molecule has 240 valence electrons. The number of Topliss-reactive ketones (excluding diaryl/α,β-unsaturated/α-hetero) is 1. The highest BCUT2D eigenvalue weighted by molar-refractivity contribution is 6.30. The van der Waals surface area contributed by atoms with E-state index >= 15 is 0 Å². The van der Waals surface area contributed by atoms with Crippen molar-refractivity contribution >= 4 is 47.0 Å². The lowest BCUT2D eigenvalue weighted by atomic mass is 9.93. The molecule has 0 saturated carbocycles. The summed E-state index contributed by atoms with van der Waals surface area (Å²) in [4.78, 5) is 45.8. The second-order valence-electron chi connectivity index (χ2n) is 9.50. The predicted octanol–water partition coefficient (Wildman–Crippen LogP) is 3.42. The number of amides is 2. The third-order valence-electron chi connectivity index (χ3n) is 5.82. The number of alkyl halides is 1. The number of hydrogen-bond donors (Lipinski definition) is 6. The van der Waals surface area contributed by atoms with Crippen molar-refractivity contribution in [2.75, 3.05) is 6.54 Å². The number of primary amides is 1. The van der Waals surface area contributed by atoms with Gasteiger partial charge in [-0.05, 0) is 31.9 Å². The van der Waals surface area contributed by atoms with Crippen molar-refractivity contribution in [2.45, 2.75) is 76.2 Å². The molecule has 0 aliphatic heterocycles. The van der Waals surface area contributed by atoms with Gasteiger partial charge in [-0.3, -0.25) is 14.4 Å². The summed E-state index contributed by atoms with van der Waals surface area (Å²) in [5.41, 5.74) is 5.88. The Morgan fingerprint density at radius 1 is 1.02 bits per heavy atom. The number of nitrogens with two attached hydrogens (primary N) is 1. The Morgan fingerprint density at radius 2 is 1.65 bits per heavy atom. The number of halogens is 2. The Kier molecular flexibility index (Phi) is 20.7. The molecule has 0 radical (unpaired) electrons. The van der Waals surface area contributed by atoms with Crippen LogP contribution in [0.1, 0.15) is 46.5 Å². The fourth-order valence-electron chi connectivity index (χ4n) is 3.32. The van der Waals surface area contributed by atoms with Gasteiger partial charge in [-0.15, -0.1) is 11.6 Å². The number of nitrogens with one attached hydrogen (secondary N) is 1. The van der Waals surface area contributed by atoms with Crippen molar-refractivity contribution in [2.24, 2.45) is 11.7 Å². The van der Waals surface area contributed by atoms with Crippen molar-refractivity contribution in [3.63, 3.8) is 0 Å². The van der Waals surface area contributed by atoms with Gasteiger partial charge in [0.2, 0.25) is 5.91 Å². The molecular formula is C30H42Cl2N2O9. The number of aliphatic carboxylic acids is 1. The molecular weight excluding hydrogens is 603 g/mol. The van der Waals surface area contributed by atoms with Crippen LogP contribution in [0.3, 0.4) is 0 Å². The Labute approximate surface area is 262 Å². The van der Waals surface area contributed by atoms with E-state index in [-0.39, 0.29) is 23.9 Å². The molecule has 0 saturated heterocycles. The Bertz CT molecular complexity index is 1100. The number of hydrogen-bond acceptors (Lipinski definition) is 8. The van der Waals surface area contributed by atoms with Gasteiger partial charge in [0, 0.05) is 36.4 Å². The second-order valence-corrected chi connectivity index (χ2v) is 10.4. The van der Waals surface area contributed by atoms with Gasteiger partial charge in [0.05, 0.1) is 12.2 Å². The number of carbonyl (C=O) groups excluding carboxylic acids is 3. The molecule has 0 aliphatic carbocycles. The maximum Gasteiger partial charge on any atom is 0.405 e. The molecule has 0 unspecified atom stereocenters. The first kappa shape index (κ1) is 39.8. The number of carboxylic acid groups (broad SMARTS) is 1. The first-order chi connectivity index (χ1) is 20.2. The molecule has 0 spiro atoms. The number of allylic oxidation sites excluding steroid dienone is 9. The summed E-state index contributed by atoms with van der Waals surface area (Å²) in [5.74, 6) is -2.97. The number of rotatable bonds is 20. The molecule has 0 bridgehead atoms. The van der Waals surface area contributed by atoms with E-state index < -0.39 is 60.0 Å². The molecule has 6 atom stereocenters. The van der Waals surface area contributed by atoms with Gasteiger partial charge >= 0.3 is 12.1 Å². The monoisotopic (exact) mass is 644 g/mol. The van der Waals surface area contributed by atoms with Crippen molar-refractivity contribution < 1.29 is 44.3 Å². The minimum Gasteiger partial charge on any atom is -0.481 e. The Balaban J connectivity index is 4.96. The zero-order valence-electron chi connectivity index (χ0n) is 24.4. The van der Waals surface area contributed by atoms with E-state index in [0.717, 1.165) is 5.57 Å². The quantitative estimate of drug-likeness (QED) is 0.0378. The molecule has 0 aromatic carbocycles. The summed E-state index contributed by atoms with van der Waals surface area (Å²) in [6.07, 6.45) is 9.00.